The number of benzene rings is 2. The molecular weight excluding hydrogens is 678 g/mol. The second-order valence-corrected chi connectivity index (χ2v) is 24.4. The first-order chi connectivity index (χ1) is 26.2. The monoisotopic (exact) mass is 744 g/mol. The summed E-state index contributed by atoms with van der Waals surface area (Å²) in [4.78, 5) is 0. The van der Waals surface area contributed by atoms with Gasteiger partial charge in [0.2, 0.25) is 0 Å². The second kappa shape index (κ2) is 16.7. The summed E-state index contributed by atoms with van der Waals surface area (Å²) in [6, 6.07) is 22.4. The van der Waals surface area contributed by atoms with Crippen LogP contribution in [0.1, 0.15) is 152 Å². The van der Waals surface area contributed by atoms with Crippen molar-refractivity contribution in [3.63, 3.8) is 0 Å². The molecule has 0 aliphatic heterocycles. The molecule has 4 fully saturated rings. The highest BCUT2D eigenvalue weighted by Gasteiger charge is 2.51. The number of hydrogen-bond acceptors (Lipinski definition) is 1. The minimum atomic E-state index is -2.35. The van der Waals surface area contributed by atoms with Gasteiger partial charge >= 0.3 is 0 Å². The zero-order valence-electron chi connectivity index (χ0n) is 32.6. The van der Waals surface area contributed by atoms with Crippen LogP contribution in [0, 0.1) is 23.7 Å². The molecule has 0 amide bonds. The van der Waals surface area contributed by atoms with Crippen molar-refractivity contribution in [3.05, 3.63) is 107 Å². The molecule has 8 aliphatic rings. The fraction of sp³-hybridized carbons (Fsp3) is 0.600. The van der Waals surface area contributed by atoms with Crippen molar-refractivity contribution in [2.45, 2.75) is 164 Å². The molecule has 53 heavy (non-hydrogen) atoms. The van der Waals surface area contributed by atoms with Crippen LogP contribution in [0.2, 0.25) is 0 Å². The molecule has 4 unspecified atom stereocenters. The van der Waals surface area contributed by atoms with Gasteiger partial charge in [0, 0.05) is 40.3 Å². The van der Waals surface area contributed by atoms with Crippen LogP contribution in [0.25, 0.3) is 11.1 Å². The topological polar surface area (TPSA) is 17.1 Å². The van der Waals surface area contributed by atoms with Crippen LogP contribution in [0.5, 0.6) is 0 Å². The molecule has 10 rings (SSSR count). The summed E-state index contributed by atoms with van der Waals surface area (Å²) < 4.78 is 15.2. The van der Waals surface area contributed by atoms with Gasteiger partial charge in [-0.05, 0) is 103 Å². The fourth-order valence-corrected chi connectivity index (χ4v) is 22.2. The van der Waals surface area contributed by atoms with Crippen LogP contribution >= 0.6 is 15.1 Å². The Morgan fingerprint density at radius 2 is 0.830 bits per heavy atom. The molecule has 4 atom stereocenters. The van der Waals surface area contributed by atoms with E-state index in [2.05, 4.69) is 85.0 Å². The molecule has 4 bridgehead atoms. The third-order valence-corrected chi connectivity index (χ3v) is 23.4. The van der Waals surface area contributed by atoms with Gasteiger partial charge in [-0.2, -0.15) is 0 Å². The Labute approximate surface area is 323 Å². The van der Waals surface area contributed by atoms with Gasteiger partial charge < -0.3 is 4.57 Å². The summed E-state index contributed by atoms with van der Waals surface area (Å²) in [5.41, 5.74) is 9.14. The Hall–Kier alpha value is -1.94. The normalized spacial score (nSPS) is 29.8. The van der Waals surface area contributed by atoms with Crippen molar-refractivity contribution in [1.82, 2.24) is 0 Å². The van der Waals surface area contributed by atoms with Crippen molar-refractivity contribution in [3.8, 4) is 0 Å². The Morgan fingerprint density at radius 3 is 1.34 bits per heavy atom. The maximum absolute atomic E-state index is 15.2. The molecule has 0 spiro atoms. The summed E-state index contributed by atoms with van der Waals surface area (Å²) in [6.07, 6.45) is 40.2. The van der Waals surface area contributed by atoms with Gasteiger partial charge in [-0.25, -0.2) is 0 Å². The third kappa shape index (κ3) is 7.28. The van der Waals surface area contributed by atoms with Gasteiger partial charge in [-0.3, -0.25) is 0 Å². The van der Waals surface area contributed by atoms with Crippen LogP contribution in [0.4, 0.5) is 0 Å². The maximum Gasteiger partial charge on any atom is 0.118 e. The van der Waals surface area contributed by atoms with Crippen LogP contribution in [0.15, 0.2) is 95.6 Å². The van der Waals surface area contributed by atoms with Crippen molar-refractivity contribution in [2.24, 2.45) is 23.7 Å². The largest absolute Gasteiger partial charge is 0.318 e. The predicted octanol–water partition coefficient (Wildman–Crippen LogP) is 15.4. The van der Waals surface area contributed by atoms with Crippen LogP contribution in [-0.2, 0) is 4.57 Å². The Morgan fingerprint density at radius 1 is 0.434 bits per heavy atom. The Kier molecular flexibility index (Phi) is 11.5. The Bertz CT molecular complexity index is 1670. The third-order valence-electron chi connectivity index (χ3n) is 15.2. The molecule has 2 aromatic rings. The minimum absolute atomic E-state index is 0.0526. The molecule has 4 saturated carbocycles. The van der Waals surface area contributed by atoms with Crippen molar-refractivity contribution in [1.29, 1.82) is 0 Å². The summed E-state index contributed by atoms with van der Waals surface area (Å²) in [6.45, 7) is 0. The highest BCUT2D eigenvalue weighted by molar-refractivity contribution is 7.70. The number of rotatable bonds is 8. The zero-order chi connectivity index (χ0) is 35.6. The Balaban J connectivity index is 0.000000141. The molecular formula is C50H66OP2. The van der Waals surface area contributed by atoms with Crippen molar-refractivity contribution >= 4 is 26.2 Å². The summed E-state index contributed by atoms with van der Waals surface area (Å²) in [5, 5.41) is 3.41. The molecule has 0 saturated heterocycles. The van der Waals surface area contributed by atoms with Gasteiger partial charge in [-0.1, -0.05) is 170 Å². The number of allylic oxidation sites excluding steroid dienone is 8. The molecule has 2 aromatic carbocycles. The molecule has 282 valence electrons. The molecule has 1 nitrogen and oxygen atoms in total. The lowest BCUT2D eigenvalue weighted by molar-refractivity contribution is 0.449. The first-order valence-electron chi connectivity index (χ1n) is 22.5. The maximum atomic E-state index is 15.2. The van der Waals surface area contributed by atoms with Gasteiger partial charge in [-0.15, -0.1) is 0 Å². The molecule has 0 radical (unpaired) electrons. The minimum Gasteiger partial charge on any atom is -0.318 e. The van der Waals surface area contributed by atoms with Crippen LogP contribution in [0.3, 0.4) is 0 Å². The average Bonchev–Trinajstić information content (AvgIpc) is 4.06. The highest BCUT2D eigenvalue weighted by atomic mass is 31.2. The van der Waals surface area contributed by atoms with E-state index >= 15 is 4.57 Å². The summed E-state index contributed by atoms with van der Waals surface area (Å²) in [7, 11) is -2.30. The summed E-state index contributed by atoms with van der Waals surface area (Å²) >= 11 is 0. The molecule has 0 N–H and O–H groups in total. The first-order valence-corrected chi connectivity index (χ1v) is 25.9. The van der Waals surface area contributed by atoms with Gasteiger partial charge in [0.1, 0.15) is 7.14 Å². The standard InChI is InChI=1S/C25H33OP.C25H33P/c26-27(22-12-6-2-7-13-22,23-14-8-3-9-15-23)25-21-17-16-20(18-21)24(25)19-10-4-1-5-11-19;1-4-10-19(11-5-1)24-20-16-17-21(18-20)25(24)26(22-12-6-2-7-13-22)23-14-8-3-9-15-23/h1,4-5,10-11,16-17,20-23H,2-3,6-9,12-15,18H2;1,4-5,10-11,16-17,20-23H,2-3,6-9,12-15,18H2. The van der Waals surface area contributed by atoms with E-state index in [0.717, 1.165) is 23.2 Å². The van der Waals surface area contributed by atoms with E-state index in [4.69, 9.17) is 0 Å². The second-order valence-electron chi connectivity index (χ2n) is 18.3. The lowest BCUT2D eigenvalue weighted by Crippen LogP contribution is -2.26. The van der Waals surface area contributed by atoms with Crippen LogP contribution < -0.4 is 0 Å². The van der Waals surface area contributed by atoms with Crippen LogP contribution in [-0.4, -0.2) is 22.6 Å². The average molecular weight is 745 g/mol. The molecule has 0 aromatic heterocycles. The SMILES string of the molecule is C1=CC2CC1C(c1ccccc1)=C2P(C1CCCCC1)C1CCCCC1.O=P(C1=C(c2ccccc2)C2C=CC1C2)(C1CCCCC1)C1CCCCC1. The quantitative estimate of drug-likeness (QED) is 0.194. The molecule has 0 heterocycles. The zero-order valence-corrected chi connectivity index (χ0v) is 34.3. The highest BCUT2D eigenvalue weighted by Crippen LogP contribution is 2.75. The van der Waals surface area contributed by atoms with E-state index in [1.807, 2.05) is 5.31 Å². The van der Waals surface area contributed by atoms with Gasteiger partial charge in [0.15, 0.2) is 0 Å². The van der Waals surface area contributed by atoms with E-state index in [1.165, 1.54) is 158 Å². The van der Waals surface area contributed by atoms with E-state index in [-0.39, 0.29) is 7.92 Å². The molecule has 8 aliphatic carbocycles. The number of hydrogen-bond donors (Lipinski definition) is 0. The van der Waals surface area contributed by atoms with E-state index in [1.54, 1.807) is 11.1 Å². The van der Waals surface area contributed by atoms with E-state index in [9.17, 15) is 0 Å². The van der Waals surface area contributed by atoms with E-state index in [0.29, 0.717) is 23.2 Å². The first kappa shape index (κ1) is 36.7. The van der Waals surface area contributed by atoms with Crippen molar-refractivity contribution in [2.75, 3.05) is 0 Å². The molecule has 3 heteroatoms. The number of fused-ring (bicyclic) bond motifs is 4. The van der Waals surface area contributed by atoms with Crippen molar-refractivity contribution < 1.29 is 4.57 Å². The predicted molar refractivity (Wildman–Crippen MR) is 230 cm³/mol. The smallest absolute Gasteiger partial charge is 0.118 e. The summed E-state index contributed by atoms with van der Waals surface area (Å²) in [5.74, 6) is 2.47. The fourth-order valence-electron chi connectivity index (χ4n) is 12.8. The van der Waals surface area contributed by atoms with E-state index < -0.39 is 7.14 Å². The lowest BCUT2D eigenvalue weighted by Gasteiger charge is -2.41. The van der Waals surface area contributed by atoms with Gasteiger partial charge in [0.05, 0.1) is 0 Å². The lowest BCUT2D eigenvalue weighted by atomic mass is 9.95. The van der Waals surface area contributed by atoms with Gasteiger partial charge in [0.25, 0.3) is 0 Å².